The minimum Gasteiger partial charge on any atom is -0.435 e. The molecule has 5 nitrogen and oxygen atoms in total. The maximum absolute atomic E-state index is 12.1. The summed E-state index contributed by atoms with van der Waals surface area (Å²) in [5.74, 6) is 0.212. The number of morpholine rings is 1. The van der Waals surface area contributed by atoms with E-state index >= 15 is 0 Å². The van der Waals surface area contributed by atoms with Crippen LogP contribution in [0.25, 0.3) is 0 Å². The predicted molar refractivity (Wildman–Crippen MR) is 77.9 cm³/mol. The van der Waals surface area contributed by atoms with E-state index in [1.165, 1.54) is 18.4 Å². The molecule has 1 saturated heterocycles. The molecule has 0 radical (unpaired) electrons. The van der Waals surface area contributed by atoms with Gasteiger partial charge in [0.25, 0.3) is 0 Å². The Morgan fingerprint density at radius 1 is 1.36 bits per heavy atom. The molecule has 0 amide bonds. The zero-order valence-corrected chi connectivity index (χ0v) is 13.1. The van der Waals surface area contributed by atoms with E-state index in [0.29, 0.717) is 26.2 Å². The van der Waals surface area contributed by atoms with Crippen LogP contribution in [0.5, 0.6) is 5.75 Å². The van der Waals surface area contributed by atoms with E-state index in [0.717, 1.165) is 5.56 Å². The Bertz CT molecular complexity index is 577. The normalized spacial score (nSPS) is 20.3. The van der Waals surface area contributed by atoms with Crippen molar-refractivity contribution in [2.75, 3.05) is 38.2 Å². The molecule has 0 saturated carbocycles. The van der Waals surface area contributed by atoms with E-state index in [2.05, 4.69) is 4.74 Å². The molecule has 22 heavy (non-hydrogen) atoms. The fourth-order valence-corrected chi connectivity index (χ4v) is 2.86. The number of sulfone groups is 1. The fraction of sp³-hybridized carbons (Fsp3) is 0.571. The molecular weight excluding hydrogens is 316 g/mol. The third kappa shape index (κ3) is 5.51. The van der Waals surface area contributed by atoms with Crippen LogP contribution in [0.15, 0.2) is 24.3 Å². The molecule has 0 aliphatic carbocycles. The molecule has 0 spiro atoms. The smallest absolute Gasteiger partial charge is 0.387 e. The van der Waals surface area contributed by atoms with Crippen LogP contribution in [-0.4, -0.2) is 58.2 Å². The molecule has 1 atom stereocenters. The number of nitrogens with zero attached hydrogens (tertiary/aromatic N) is 1. The lowest BCUT2D eigenvalue weighted by Gasteiger charge is -2.33. The summed E-state index contributed by atoms with van der Waals surface area (Å²) in [5.41, 5.74) is 0.852. The standard InChI is InChI=1S/C14H19F2NO4S/c1-22(18,19)9-7-17-6-8-20-13(10-17)11-2-4-12(5-3-11)21-14(15)16/h2-5,13-14H,6-10H2,1H3/t13-/m0/s1. The molecular formula is C14H19F2NO4S. The van der Waals surface area contributed by atoms with Crippen LogP contribution in [0.1, 0.15) is 11.7 Å². The summed E-state index contributed by atoms with van der Waals surface area (Å²) >= 11 is 0. The van der Waals surface area contributed by atoms with Gasteiger partial charge in [0.05, 0.1) is 18.5 Å². The first-order chi connectivity index (χ1) is 10.3. The topological polar surface area (TPSA) is 55.8 Å². The second-order valence-corrected chi connectivity index (χ2v) is 7.50. The summed E-state index contributed by atoms with van der Waals surface area (Å²) in [6.45, 7) is -0.624. The number of alkyl halides is 2. The second-order valence-electron chi connectivity index (χ2n) is 5.24. The summed E-state index contributed by atoms with van der Waals surface area (Å²) in [7, 11) is -2.99. The van der Waals surface area contributed by atoms with Crippen LogP contribution in [0, 0.1) is 0 Å². The minimum absolute atomic E-state index is 0.100. The SMILES string of the molecule is CS(=O)(=O)CCN1CCO[C@H](c2ccc(OC(F)F)cc2)C1. The molecule has 1 aliphatic heterocycles. The average molecular weight is 335 g/mol. The van der Waals surface area contributed by atoms with Crippen LogP contribution < -0.4 is 4.74 Å². The number of rotatable bonds is 6. The van der Waals surface area contributed by atoms with Crippen molar-refractivity contribution in [3.05, 3.63) is 29.8 Å². The Balaban J connectivity index is 1.94. The highest BCUT2D eigenvalue weighted by atomic mass is 32.2. The summed E-state index contributed by atoms with van der Waals surface area (Å²) in [4.78, 5) is 2.03. The van der Waals surface area contributed by atoms with Crippen molar-refractivity contribution in [1.82, 2.24) is 4.90 Å². The monoisotopic (exact) mass is 335 g/mol. The zero-order valence-electron chi connectivity index (χ0n) is 12.2. The van der Waals surface area contributed by atoms with Gasteiger partial charge in [-0.05, 0) is 17.7 Å². The van der Waals surface area contributed by atoms with Gasteiger partial charge in [-0.3, -0.25) is 4.90 Å². The highest BCUT2D eigenvalue weighted by Gasteiger charge is 2.22. The van der Waals surface area contributed by atoms with Crippen molar-refractivity contribution >= 4 is 9.84 Å². The highest BCUT2D eigenvalue weighted by molar-refractivity contribution is 7.90. The van der Waals surface area contributed by atoms with Gasteiger partial charge in [0.1, 0.15) is 15.6 Å². The van der Waals surface area contributed by atoms with E-state index in [1.807, 2.05) is 4.90 Å². The van der Waals surface area contributed by atoms with Gasteiger partial charge in [-0.15, -0.1) is 0 Å². The summed E-state index contributed by atoms with van der Waals surface area (Å²) in [5, 5.41) is 0. The van der Waals surface area contributed by atoms with E-state index in [-0.39, 0.29) is 17.6 Å². The van der Waals surface area contributed by atoms with Gasteiger partial charge in [0.2, 0.25) is 0 Å². The van der Waals surface area contributed by atoms with Gasteiger partial charge < -0.3 is 9.47 Å². The third-order valence-electron chi connectivity index (χ3n) is 3.41. The van der Waals surface area contributed by atoms with E-state index in [1.54, 1.807) is 12.1 Å². The lowest BCUT2D eigenvalue weighted by Crippen LogP contribution is -2.40. The average Bonchev–Trinajstić information content (AvgIpc) is 2.45. The van der Waals surface area contributed by atoms with Crippen molar-refractivity contribution < 1.29 is 26.7 Å². The van der Waals surface area contributed by atoms with Crippen molar-refractivity contribution in [3.8, 4) is 5.75 Å². The summed E-state index contributed by atoms with van der Waals surface area (Å²) in [6, 6.07) is 6.31. The molecule has 124 valence electrons. The summed E-state index contributed by atoms with van der Waals surface area (Å²) < 4.78 is 56.6. The van der Waals surface area contributed by atoms with Gasteiger partial charge in [-0.1, -0.05) is 12.1 Å². The maximum atomic E-state index is 12.1. The Morgan fingerprint density at radius 3 is 2.64 bits per heavy atom. The van der Waals surface area contributed by atoms with Crippen LogP contribution in [0.4, 0.5) is 8.78 Å². The zero-order chi connectivity index (χ0) is 16.2. The first-order valence-corrected chi connectivity index (χ1v) is 8.96. The van der Waals surface area contributed by atoms with Crippen LogP contribution in [0.2, 0.25) is 0 Å². The van der Waals surface area contributed by atoms with Gasteiger partial charge in [0.15, 0.2) is 0 Å². The van der Waals surface area contributed by atoms with E-state index in [9.17, 15) is 17.2 Å². The molecule has 0 aromatic heterocycles. The van der Waals surface area contributed by atoms with Gasteiger partial charge in [0, 0.05) is 25.9 Å². The molecule has 1 heterocycles. The Kier molecular flexibility index (Phi) is 5.71. The summed E-state index contributed by atoms with van der Waals surface area (Å²) in [6.07, 6.45) is 1.01. The van der Waals surface area contributed by atoms with E-state index < -0.39 is 16.4 Å². The third-order valence-corrected chi connectivity index (χ3v) is 4.33. The number of hydrogen-bond donors (Lipinski definition) is 0. The highest BCUT2D eigenvalue weighted by Crippen LogP contribution is 2.24. The fourth-order valence-electron chi connectivity index (χ4n) is 2.27. The number of ether oxygens (including phenoxy) is 2. The molecule has 0 bridgehead atoms. The number of halogens is 2. The lowest BCUT2D eigenvalue weighted by atomic mass is 10.1. The van der Waals surface area contributed by atoms with Crippen LogP contribution in [0.3, 0.4) is 0 Å². The van der Waals surface area contributed by atoms with E-state index in [4.69, 9.17) is 4.74 Å². The first kappa shape index (κ1) is 17.1. The van der Waals surface area contributed by atoms with Gasteiger partial charge in [-0.25, -0.2) is 8.42 Å². The second kappa shape index (κ2) is 7.34. The Labute approximate surface area is 128 Å². The Hall–Kier alpha value is -1.25. The van der Waals surface area contributed by atoms with Crippen LogP contribution in [-0.2, 0) is 14.6 Å². The van der Waals surface area contributed by atoms with Crippen molar-refractivity contribution in [2.24, 2.45) is 0 Å². The maximum Gasteiger partial charge on any atom is 0.387 e. The molecule has 1 aromatic carbocycles. The molecule has 0 unspecified atom stereocenters. The molecule has 0 N–H and O–H groups in total. The number of benzene rings is 1. The number of hydrogen-bond acceptors (Lipinski definition) is 5. The predicted octanol–water partition coefficient (Wildman–Crippen LogP) is 1.71. The minimum atomic E-state index is -2.99. The van der Waals surface area contributed by atoms with Gasteiger partial charge >= 0.3 is 6.61 Å². The molecule has 1 aromatic rings. The largest absolute Gasteiger partial charge is 0.435 e. The first-order valence-electron chi connectivity index (χ1n) is 6.90. The van der Waals surface area contributed by atoms with Crippen molar-refractivity contribution in [2.45, 2.75) is 12.7 Å². The van der Waals surface area contributed by atoms with Crippen LogP contribution >= 0.6 is 0 Å². The van der Waals surface area contributed by atoms with Crippen molar-refractivity contribution in [1.29, 1.82) is 0 Å². The molecule has 1 aliphatic rings. The van der Waals surface area contributed by atoms with Crippen molar-refractivity contribution in [3.63, 3.8) is 0 Å². The quantitative estimate of drug-likeness (QED) is 0.792. The lowest BCUT2D eigenvalue weighted by molar-refractivity contribution is -0.0500. The molecule has 1 fully saturated rings. The molecule has 2 rings (SSSR count). The molecule has 8 heteroatoms. The Morgan fingerprint density at radius 2 is 2.05 bits per heavy atom. The van der Waals surface area contributed by atoms with Gasteiger partial charge in [-0.2, -0.15) is 8.78 Å².